The van der Waals surface area contributed by atoms with Gasteiger partial charge in [0.25, 0.3) is 5.91 Å². The lowest BCUT2D eigenvalue weighted by molar-refractivity contribution is -0.158. The van der Waals surface area contributed by atoms with Crippen molar-refractivity contribution < 1.29 is 28.2 Å². The molecule has 1 unspecified atom stereocenters. The molecular weight excluding hydrogens is 498 g/mol. The molecule has 1 atom stereocenters. The lowest BCUT2D eigenvalue weighted by Gasteiger charge is -2.26. The molecule has 2 aromatic rings. The average molecular weight is 529 g/mol. The minimum Gasteiger partial charge on any atom is -0.476 e. The van der Waals surface area contributed by atoms with Gasteiger partial charge in [-0.05, 0) is 38.7 Å². The van der Waals surface area contributed by atoms with Gasteiger partial charge in [0.1, 0.15) is 34.0 Å². The molecule has 2 rings (SSSR count). The quantitative estimate of drug-likeness (QED) is 0.376. The van der Waals surface area contributed by atoms with Gasteiger partial charge < -0.3 is 19.5 Å². The van der Waals surface area contributed by atoms with E-state index in [1.54, 1.807) is 34.6 Å². The van der Waals surface area contributed by atoms with Gasteiger partial charge in [-0.2, -0.15) is 0 Å². The molecule has 10 heteroatoms. The van der Waals surface area contributed by atoms with Crippen molar-refractivity contribution in [2.45, 2.75) is 60.1 Å². The van der Waals surface area contributed by atoms with Crippen molar-refractivity contribution in [2.75, 3.05) is 6.61 Å². The van der Waals surface area contributed by atoms with Gasteiger partial charge in [0.05, 0.1) is 23.4 Å². The molecule has 1 aromatic heterocycles. The summed E-state index contributed by atoms with van der Waals surface area (Å²) in [5, 5.41) is 2.73. The Labute approximate surface area is 215 Å². The molecule has 0 bridgehead atoms. The van der Waals surface area contributed by atoms with E-state index in [9.17, 15) is 14.0 Å². The first-order valence-electron chi connectivity index (χ1n) is 11.2. The summed E-state index contributed by atoms with van der Waals surface area (Å²) in [6.45, 7) is 13.1. The molecule has 0 saturated heterocycles. The molecule has 1 amide bonds. The van der Waals surface area contributed by atoms with Crippen molar-refractivity contribution in [1.82, 2.24) is 10.3 Å². The highest BCUT2D eigenvalue weighted by atomic mass is 35.5. The van der Waals surface area contributed by atoms with E-state index in [0.29, 0.717) is 12.5 Å². The van der Waals surface area contributed by atoms with E-state index < -0.39 is 29.3 Å². The average Bonchev–Trinajstić information content (AvgIpc) is 2.71. The Morgan fingerprint density at radius 1 is 1.09 bits per heavy atom. The molecule has 0 radical (unpaired) electrons. The highest BCUT2D eigenvalue weighted by Gasteiger charge is 2.30. The minimum absolute atomic E-state index is 0.0221. The highest BCUT2D eigenvalue weighted by Crippen LogP contribution is 2.34. The highest BCUT2D eigenvalue weighted by molar-refractivity contribution is 6.32. The number of carbonyl (C=O) groups is 2. The number of rotatable bonds is 9. The van der Waals surface area contributed by atoms with Crippen molar-refractivity contribution in [2.24, 2.45) is 11.8 Å². The normalized spacial score (nSPS) is 12.5. The van der Waals surface area contributed by atoms with E-state index in [4.69, 9.17) is 37.4 Å². The number of hydrogen-bond donors (Lipinski definition) is 1. The van der Waals surface area contributed by atoms with Gasteiger partial charge in [-0.1, -0.05) is 50.9 Å². The van der Waals surface area contributed by atoms with E-state index in [-0.39, 0.29) is 38.9 Å². The molecule has 0 aliphatic carbocycles. The Bertz CT molecular complexity index is 1070. The van der Waals surface area contributed by atoms with Crippen LogP contribution in [0, 0.1) is 17.7 Å². The number of benzene rings is 1. The largest absolute Gasteiger partial charge is 0.476 e. The van der Waals surface area contributed by atoms with Crippen LogP contribution in [0.25, 0.3) is 0 Å². The van der Waals surface area contributed by atoms with Crippen molar-refractivity contribution in [3.8, 4) is 17.4 Å². The molecule has 1 aromatic carbocycles. The molecule has 0 aliphatic heterocycles. The minimum atomic E-state index is -0.972. The van der Waals surface area contributed by atoms with Crippen molar-refractivity contribution >= 4 is 35.1 Å². The molecule has 7 nitrogen and oxygen atoms in total. The van der Waals surface area contributed by atoms with Crippen LogP contribution in [0.3, 0.4) is 0 Å². The Balaban J connectivity index is 2.19. The molecule has 0 aliphatic rings. The Kier molecular flexibility index (Phi) is 9.75. The van der Waals surface area contributed by atoms with E-state index in [1.807, 2.05) is 13.8 Å². The summed E-state index contributed by atoms with van der Waals surface area (Å²) in [5.41, 5.74) is -1.08. The third kappa shape index (κ3) is 8.54. The van der Waals surface area contributed by atoms with Gasteiger partial charge in [-0.15, -0.1) is 0 Å². The van der Waals surface area contributed by atoms with Crippen LogP contribution in [0.2, 0.25) is 10.0 Å². The number of ether oxygens (including phenoxy) is 3. The van der Waals surface area contributed by atoms with Crippen LogP contribution in [0.5, 0.6) is 17.4 Å². The van der Waals surface area contributed by atoms with Gasteiger partial charge in [0.2, 0.25) is 5.88 Å². The lowest BCUT2D eigenvalue weighted by atomic mass is 10.0. The summed E-state index contributed by atoms with van der Waals surface area (Å²) < 4.78 is 31.3. The maximum Gasteiger partial charge on any atom is 0.329 e. The van der Waals surface area contributed by atoms with Gasteiger partial charge in [0.15, 0.2) is 0 Å². The van der Waals surface area contributed by atoms with Crippen molar-refractivity contribution in [3.63, 3.8) is 0 Å². The summed E-state index contributed by atoms with van der Waals surface area (Å²) in [6.07, 6.45) is 1.37. The zero-order valence-corrected chi connectivity index (χ0v) is 22.4. The number of aromatic nitrogens is 1. The second kappa shape index (κ2) is 11.9. The van der Waals surface area contributed by atoms with E-state index in [1.165, 1.54) is 12.3 Å². The number of hydrogen-bond acceptors (Lipinski definition) is 6. The SMILES string of the molecule is CC(C)COc1ncc(Oc2cc(F)c(C(=O)NC(C(=O)OC(C)(C)C)C(C)C)cc2Cl)cc1Cl. The molecule has 0 spiro atoms. The molecular formula is C25H31Cl2FN2O5. The fraction of sp³-hybridized carbons (Fsp3) is 0.480. The number of pyridine rings is 1. The third-order valence-corrected chi connectivity index (χ3v) is 5.01. The van der Waals surface area contributed by atoms with Gasteiger partial charge in [-0.3, -0.25) is 4.79 Å². The third-order valence-electron chi connectivity index (χ3n) is 4.44. The fourth-order valence-corrected chi connectivity index (χ4v) is 3.22. The van der Waals surface area contributed by atoms with Gasteiger partial charge in [-0.25, -0.2) is 14.2 Å². The zero-order valence-electron chi connectivity index (χ0n) is 20.9. The molecule has 192 valence electrons. The van der Waals surface area contributed by atoms with E-state index in [2.05, 4.69) is 10.3 Å². The van der Waals surface area contributed by atoms with E-state index >= 15 is 0 Å². The lowest BCUT2D eigenvalue weighted by Crippen LogP contribution is -2.47. The number of amides is 1. The van der Waals surface area contributed by atoms with Crippen LogP contribution in [-0.4, -0.2) is 35.1 Å². The monoisotopic (exact) mass is 528 g/mol. The van der Waals surface area contributed by atoms with Crippen LogP contribution < -0.4 is 14.8 Å². The summed E-state index contributed by atoms with van der Waals surface area (Å²) in [6, 6.07) is 2.60. The first-order valence-corrected chi connectivity index (χ1v) is 11.9. The van der Waals surface area contributed by atoms with E-state index in [0.717, 1.165) is 12.1 Å². The number of halogens is 3. The maximum atomic E-state index is 14.8. The summed E-state index contributed by atoms with van der Waals surface area (Å²) >= 11 is 12.4. The van der Waals surface area contributed by atoms with Crippen LogP contribution in [0.15, 0.2) is 24.4 Å². The van der Waals surface area contributed by atoms with Crippen molar-refractivity contribution in [1.29, 1.82) is 0 Å². The molecule has 1 heterocycles. The number of nitrogens with zero attached hydrogens (tertiary/aromatic N) is 1. The van der Waals surface area contributed by atoms with Crippen LogP contribution >= 0.6 is 23.2 Å². The predicted octanol–water partition coefficient (Wildman–Crippen LogP) is 6.45. The standard InChI is InChI=1S/C25H31Cl2FN2O5/c1-13(2)12-33-23-18(27)8-15(11-29-23)34-20-10-19(28)16(9-17(20)26)22(31)30-21(14(3)4)24(32)35-25(5,6)7/h8-11,13-14,21H,12H2,1-7H3,(H,30,31). The van der Waals surface area contributed by atoms with Crippen LogP contribution in [-0.2, 0) is 9.53 Å². The number of esters is 1. The van der Waals surface area contributed by atoms with Gasteiger partial charge >= 0.3 is 5.97 Å². The Morgan fingerprint density at radius 3 is 2.29 bits per heavy atom. The topological polar surface area (TPSA) is 86.8 Å². The number of nitrogens with one attached hydrogen (secondary N) is 1. The Morgan fingerprint density at radius 2 is 1.74 bits per heavy atom. The van der Waals surface area contributed by atoms with Crippen molar-refractivity contribution in [3.05, 3.63) is 45.8 Å². The summed E-state index contributed by atoms with van der Waals surface area (Å²) in [4.78, 5) is 29.4. The molecule has 0 fully saturated rings. The first-order chi connectivity index (χ1) is 16.2. The van der Waals surface area contributed by atoms with Crippen LogP contribution in [0.1, 0.15) is 58.8 Å². The number of carbonyl (C=O) groups excluding carboxylic acids is 2. The molecule has 0 saturated carbocycles. The smallest absolute Gasteiger partial charge is 0.329 e. The van der Waals surface area contributed by atoms with Gasteiger partial charge in [0, 0.05) is 12.1 Å². The summed E-state index contributed by atoms with van der Waals surface area (Å²) in [5.74, 6) is -1.89. The maximum absolute atomic E-state index is 14.8. The molecule has 35 heavy (non-hydrogen) atoms. The fourth-order valence-electron chi connectivity index (χ4n) is 2.81. The van der Waals surface area contributed by atoms with Crippen LogP contribution in [0.4, 0.5) is 4.39 Å². The second-order valence-corrected chi connectivity index (χ2v) is 10.6. The summed E-state index contributed by atoms with van der Waals surface area (Å²) in [7, 11) is 0. The Hall–Kier alpha value is -2.58. The second-order valence-electron chi connectivity index (χ2n) is 9.76. The molecule has 1 N–H and O–H groups in total. The zero-order chi connectivity index (χ0) is 26.5. The first kappa shape index (κ1) is 28.7. The predicted molar refractivity (Wildman–Crippen MR) is 133 cm³/mol.